The van der Waals surface area contributed by atoms with E-state index in [2.05, 4.69) is 11.8 Å². The van der Waals surface area contributed by atoms with Gasteiger partial charge in [0.1, 0.15) is 0 Å². The second-order valence-corrected chi connectivity index (χ2v) is 12.9. The van der Waals surface area contributed by atoms with Gasteiger partial charge in [-0.25, -0.2) is 9.63 Å². The lowest BCUT2D eigenvalue weighted by atomic mass is 9.46. The number of Topliss-reactive ketones (excluding diaryl/α,β-unsaturated/α-hetero) is 1. The smallest absolute Gasteiger partial charge is 0.457 e. The number of aliphatic hydroxyl groups is 1. The van der Waals surface area contributed by atoms with E-state index < -0.39 is 52.4 Å². The second kappa shape index (κ2) is 12.8. The highest BCUT2D eigenvalue weighted by Gasteiger charge is 2.70. The number of benzene rings is 1. The highest BCUT2D eigenvalue weighted by Crippen LogP contribution is 2.68. The first-order valence-electron chi connectivity index (χ1n) is 15.4. The summed E-state index contributed by atoms with van der Waals surface area (Å²) in [5.74, 6) is -1.63. The minimum absolute atomic E-state index is 0.00532. The van der Waals surface area contributed by atoms with E-state index in [1.807, 2.05) is 13.0 Å². The molecular weight excluding hydrogens is 586 g/mol. The van der Waals surface area contributed by atoms with Crippen molar-refractivity contribution in [2.45, 2.75) is 77.6 Å². The lowest BCUT2D eigenvalue weighted by molar-refractivity contribution is -0.497. The predicted molar refractivity (Wildman–Crippen MR) is 155 cm³/mol. The van der Waals surface area contributed by atoms with Crippen LogP contribution in [0.2, 0.25) is 0 Å². The molecule has 0 radical (unpaired) electrons. The van der Waals surface area contributed by atoms with Crippen LogP contribution in [0, 0.1) is 28.6 Å². The van der Waals surface area contributed by atoms with E-state index in [0.29, 0.717) is 24.0 Å². The highest BCUT2D eigenvalue weighted by molar-refractivity contribution is 6.01. The first kappa shape index (κ1) is 33.0. The number of fused-ring (bicyclic) bond motifs is 5. The van der Waals surface area contributed by atoms with Gasteiger partial charge in [0.25, 0.3) is 0 Å². The fraction of sp³-hybridized carbons (Fsp3) is 0.576. The molecule has 12 nitrogen and oxygen atoms in total. The Morgan fingerprint density at radius 2 is 1.80 bits per heavy atom. The predicted octanol–water partition coefficient (Wildman–Crippen LogP) is 4.04. The van der Waals surface area contributed by atoms with Crippen molar-refractivity contribution in [3.63, 3.8) is 0 Å². The van der Waals surface area contributed by atoms with Crippen LogP contribution in [-0.2, 0) is 46.5 Å². The van der Waals surface area contributed by atoms with Crippen molar-refractivity contribution in [3.8, 4) is 0 Å². The van der Waals surface area contributed by atoms with Crippen molar-refractivity contribution in [2.75, 3.05) is 13.2 Å². The molecule has 4 aliphatic rings. The molecule has 5 rings (SSSR count). The van der Waals surface area contributed by atoms with Crippen LogP contribution < -0.4 is 0 Å². The van der Waals surface area contributed by atoms with Gasteiger partial charge in [-0.3, -0.25) is 24.8 Å². The quantitative estimate of drug-likeness (QED) is 0.252. The Bertz CT molecular complexity index is 1400. The number of carbonyl (C=O) groups is 4. The molecule has 3 saturated carbocycles. The fourth-order valence-corrected chi connectivity index (χ4v) is 8.75. The molecule has 3 N–H and O–H groups in total. The number of aliphatic hydroxyl groups excluding tert-OH is 1. The van der Waals surface area contributed by atoms with E-state index in [1.165, 1.54) is 0 Å². The minimum Gasteiger partial charge on any atom is -0.457 e. The van der Waals surface area contributed by atoms with Crippen molar-refractivity contribution in [2.24, 2.45) is 28.6 Å². The Labute approximate surface area is 261 Å². The summed E-state index contributed by atoms with van der Waals surface area (Å²) < 4.78 is 16.5. The van der Waals surface area contributed by atoms with Gasteiger partial charge in [-0.2, -0.15) is 0 Å². The molecule has 0 aromatic heterocycles. The Morgan fingerprint density at radius 1 is 1.07 bits per heavy atom. The lowest BCUT2D eigenvalue weighted by Gasteiger charge is -2.59. The SMILES string of the molecule is CCOC(=O)O[C@]1(C(=O)COC(=O)Cc2ccccc2CON(O)O)CC[C@H]2[C@@H]3CCC4=CC(=O)C=C[C@]4(C)[C@H]3[C@@H](O)C[C@@]21C. The molecule has 0 unspecified atom stereocenters. The van der Waals surface area contributed by atoms with E-state index in [4.69, 9.17) is 24.6 Å². The van der Waals surface area contributed by atoms with E-state index in [0.717, 1.165) is 12.0 Å². The highest BCUT2D eigenvalue weighted by atomic mass is 17.1. The number of hydrogen-bond donors (Lipinski definition) is 3. The van der Waals surface area contributed by atoms with Gasteiger partial charge in [0.2, 0.25) is 5.78 Å². The fourth-order valence-electron chi connectivity index (χ4n) is 8.75. The maximum Gasteiger partial charge on any atom is 0.509 e. The van der Waals surface area contributed by atoms with Crippen LogP contribution in [0.3, 0.4) is 0 Å². The first-order chi connectivity index (χ1) is 21.3. The number of esters is 1. The molecule has 45 heavy (non-hydrogen) atoms. The van der Waals surface area contributed by atoms with Crippen LogP contribution in [0.5, 0.6) is 0 Å². The monoisotopic (exact) mass is 627 g/mol. The number of rotatable bonds is 10. The zero-order chi connectivity index (χ0) is 32.6. The number of allylic oxidation sites excluding steroid dienone is 4. The van der Waals surface area contributed by atoms with E-state index >= 15 is 0 Å². The Balaban J connectivity index is 1.37. The summed E-state index contributed by atoms with van der Waals surface area (Å²) in [7, 11) is 0. The largest absolute Gasteiger partial charge is 0.509 e. The van der Waals surface area contributed by atoms with Crippen molar-refractivity contribution in [3.05, 3.63) is 59.2 Å². The third kappa shape index (κ3) is 5.97. The summed E-state index contributed by atoms with van der Waals surface area (Å²) in [6.45, 7) is 4.72. The van der Waals surface area contributed by atoms with Gasteiger partial charge in [-0.1, -0.05) is 49.8 Å². The minimum atomic E-state index is -1.69. The zero-order valence-corrected chi connectivity index (χ0v) is 25.8. The van der Waals surface area contributed by atoms with Gasteiger partial charge >= 0.3 is 12.1 Å². The third-order valence-electron chi connectivity index (χ3n) is 10.7. The molecule has 0 spiro atoms. The standard InChI is InChI=1S/C33H41NO11/c1-4-42-30(39)45-33(27(37)19-43-28(38)15-20-7-5-6-8-21(20)18-44-34(40)41)14-12-25-24-10-9-22-16-23(35)11-13-31(22,2)29(24)26(36)17-32(25,33)3/h5-8,11,13,16,24-26,29,36,40-41H,4,9-10,12,14-15,17-19H2,1-3H3/t24-,25-,26-,29+,31-,32-,33-/m0/s1. The summed E-state index contributed by atoms with van der Waals surface area (Å²) in [5, 5.41) is 29.1. The van der Waals surface area contributed by atoms with Gasteiger partial charge in [0.05, 0.1) is 31.1 Å². The van der Waals surface area contributed by atoms with E-state index in [9.17, 15) is 24.3 Å². The molecule has 0 bridgehead atoms. The maximum absolute atomic E-state index is 14.1. The van der Waals surface area contributed by atoms with Crippen LogP contribution >= 0.6 is 0 Å². The van der Waals surface area contributed by atoms with Crippen molar-refractivity contribution < 1.29 is 53.7 Å². The zero-order valence-electron chi connectivity index (χ0n) is 25.8. The number of hydrogen-bond acceptors (Lipinski definition) is 12. The van der Waals surface area contributed by atoms with Gasteiger partial charge in [0, 0.05) is 16.7 Å². The number of nitrogens with zero attached hydrogens (tertiary/aromatic N) is 1. The number of ether oxygens (including phenoxy) is 3. The molecule has 0 heterocycles. The Kier molecular flexibility index (Phi) is 9.35. The molecule has 1 aromatic rings. The van der Waals surface area contributed by atoms with Crippen molar-refractivity contribution in [1.82, 2.24) is 5.39 Å². The molecule has 0 aliphatic heterocycles. The van der Waals surface area contributed by atoms with Gasteiger partial charge in [-0.05, 0) is 74.1 Å². The molecule has 3 fully saturated rings. The summed E-state index contributed by atoms with van der Waals surface area (Å²) in [6, 6.07) is 6.69. The lowest BCUT2D eigenvalue weighted by Crippen LogP contribution is -2.63. The number of carbonyl (C=O) groups excluding carboxylic acids is 4. The second-order valence-electron chi connectivity index (χ2n) is 12.9. The van der Waals surface area contributed by atoms with Crippen molar-refractivity contribution in [1.29, 1.82) is 0 Å². The summed E-state index contributed by atoms with van der Waals surface area (Å²) in [5.41, 5.74) is -1.15. The molecule has 4 aliphatic carbocycles. The average Bonchev–Trinajstić information content (AvgIpc) is 3.27. The maximum atomic E-state index is 14.1. The summed E-state index contributed by atoms with van der Waals surface area (Å²) >= 11 is 0. The van der Waals surface area contributed by atoms with Crippen LogP contribution in [0.15, 0.2) is 48.1 Å². The van der Waals surface area contributed by atoms with Crippen LogP contribution in [0.25, 0.3) is 0 Å². The summed E-state index contributed by atoms with van der Waals surface area (Å²) in [4.78, 5) is 56.7. The molecule has 0 saturated heterocycles. The topological polar surface area (TPSA) is 169 Å². The Morgan fingerprint density at radius 3 is 2.51 bits per heavy atom. The molecule has 1 aromatic carbocycles. The normalized spacial score (nSPS) is 33.5. The molecule has 12 heteroatoms. The third-order valence-corrected chi connectivity index (χ3v) is 10.7. The molecule has 7 atom stereocenters. The summed E-state index contributed by atoms with van der Waals surface area (Å²) in [6.07, 6.45) is 5.39. The first-order valence-corrected chi connectivity index (χ1v) is 15.4. The Hall–Kier alpha value is -3.42. The van der Waals surface area contributed by atoms with Crippen LogP contribution in [-0.4, -0.2) is 69.5 Å². The van der Waals surface area contributed by atoms with Gasteiger partial charge in [-0.15, -0.1) is 0 Å². The van der Waals surface area contributed by atoms with Gasteiger partial charge in [0.15, 0.2) is 18.0 Å². The average molecular weight is 628 g/mol. The van der Waals surface area contributed by atoms with E-state index in [-0.39, 0.29) is 56.0 Å². The van der Waals surface area contributed by atoms with E-state index in [1.54, 1.807) is 43.3 Å². The van der Waals surface area contributed by atoms with Crippen LogP contribution in [0.1, 0.15) is 64.0 Å². The van der Waals surface area contributed by atoms with Crippen molar-refractivity contribution >= 4 is 23.7 Å². The van der Waals surface area contributed by atoms with Gasteiger partial charge < -0.3 is 19.3 Å². The molecule has 244 valence electrons. The molecular formula is C33H41NO11. The molecule has 0 amide bonds. The van der Waals surface area contributed by atoms with Crippen LogP contribution in [0.4, 0.5) is 4.79 Å². The number of ketones is 2.